The molecule has 1 heterocycles. The minimum atomic E-state index is -0.438. The lowest BCUT2D eigenvalue weighted by molar-refractivity contribution is -0.143. The molecule has 1 N–H and O–H groups in total. The second-order valence-electron chi connectivity index (χ2n) is 9.26. The smallest absolute Gasteiger partial charge is 0.226 e. The van der Waals surface area contributed by atoms with Gasteiger partial charge >= 0.3 is 0 Å². The van der Waals surface area contributed by atoms with Crippen molar-refractivity contribution >= 4 is 11.8 Å². The number of likely N-dealkylation sites (tertiary alicyclic amines) is 1. The fourth-order valence-electron chi connectivity index (χ4n) is 5.35. The first-order chi connectivity index (χ1) is 15.1. The van der Waals surface area contributed by atoms with Crippen LogP contribution in [0, 0.1) is 11.3 Å². The molecule has 4 nitrogen and oxygen atoms in total. The highest BCUT2D eigenvalue weighted by Crippen LogP contribution is 2.37. The van der Waals surface area contributed by atoms with Crippen LogP contribution in [0.3, 0.4) is 0 Å². The number of rotatable bonds is 5. The molecule has 31 heavy (non-hydrogen) atoms. The van der Waals surface area contributed by atoms with Crippen LogP contribution in [0.1, 0.15) is 50.5 Å². The van der Waals surface area contributed by atoms with Gasteiger partial charge < -0.3 is 10.2 Å². The molecular weight excluding hydrogens is 384 g/mol. The number of benzene rings is 2. The minimum absolute atomic E-state index is 0.101. The molecule has 2 fully saturated rings. The van der Waals surface area contributed by atoms with Crippen molar-refractivity contribution in [3.05, 3.63) is 60.2 Å². The minimum Gasteiger partial charge on any atom is -0.359 e. The van der Waals surface area contributed by atoms with Gasteiger partial charge in [-0.1, -0.05) is 73.9 Å². The van der Waals surface area contributed by atoms with Gasteiger partial charge in [-0.3, -0.25) is 9.59 Å². The van der Waals surface area contributed by atoms with Crippen molar-refractivity contribution in [3.63, 3.8) is 0 Å². The molecule has 0 atom stereocenters. The summed E-state index contributed by atoms with van der Waals surface area (Å²) < 4.78 is 0. The largest absolute Gasteiger partial charge is 0.359 e. The van der Waals surface area contributed by atoms with Crippen molar-refractivity contribution in [2.45, 2.75) is 51.4 Å². The summed E-state index contributed by atoms with van der Waals surface area (Å²) in [6, 6.07) is 18.9. The van der Waals surface area contributed by atoms with Gasteiger partial charge in [0.2, 0.25) is 11.8 Å². The number of nitrogens with zero attached hydrogens (tertiary/aromatic N) is 1. The Morgan fingerprint density at radius 3 is 2.13 bits per heavy atom. The van der Waals surface area contributed by atoms with Crippen molar-refractivity contribution < 1.29 is 9.59 Å². The van der Waals surface area contributed by atoms with Gasteiger partial charge in [0, 0.05) is 26.1 Å². The van der Waals surface area contributed by atoms with Gasteiger partial charge in [-0.05, 0) is 48.8 Å². The van der Waals surface area contributed by atoms with E-state index in [2.05, 4.69) is 41.7 Å². The molecule has 0 aromatic heterocycles. The van der Waals surface area contributed by atoms with E-state index >= 15 is 0 Å². The Balaban J connectivity index is 1.44. The summed E-state index contributed by atoms with van der Waals surface area (Å²) in [5.41, 5.74) is 3.12. The average molecular weight is 419 g/mol. The number of amides is 2. The third-order valence-corrected chi connectivity index (χ3v) is 7.30. The van der Waals surface area contributed by atoms with E-state index in [1.807, 2.05) is 23.1 Å². The molecule has 2 aromatic rings. The maximum atomic E-state index is 13.0. The Kier molecular flexibility index (Phi) is 6.74. The highest BCUT2D eigenvalue weighted by Gasteiger charge is 2.42. The topological polar surface area (TPSA) is 49.4 Å². The lowest BCUT2D eigenvalue weighted by Gasteiger charge is -2.42. The van der Waals surface area contributed by atoms with Gasteiger partial charge in [-0.25, -0.2) is 0 Å². The van der Waals surface area contributed by atoms with Gasteiger partial charge in [0.25, 0.3) is 0 Å². The summed E-state index contributed by atoms with van der Waals surface area (Å²) >= 11 is 0. The maximum Gasteiger partial charge on any atom is 0.226 e. The second-order valence-corrected chi connectivity index (χ2v) is 9.26. The van der Waals surface area contributed by atoms with Gasteiger partial charge in [0.1, 0.15) is 0 Å². The fourth-order valence-corrected chi connectivity index (χ4v) is 5.35. The lowest BCUT2D eigenvalue weighted by atomic mass is 9.72. The van der Waals surface area contributed by atoms with Crippen molar-refractivity contribution in [1.82, 2.24) is 10.2 Å². The Hall–Kier alpha value is -2.62. The zero-order valence-electron chi connectivity index (χ0n) is 18.6. The number of carbonyl (C=O) groups excluding carboxylic acids is 2. The van der Waals surface area contributed by atoms with Crippen LogP contribution in [-0.4, -0.2) is 36.9 Å². The van der Waals surface area contributed by atoms with Gasteiger partial charge in [0.15, 0.2) is 0 Å². The van der Waals surface area contributed by atoms with Crippen LogP contribution < -0.4 is 5.32 Å². The number of nitrogens with one attached hydrogen (secondary N) is 1. The first-order valence-electron chi connectivity index (χ1n) is 11.8. The molecule has 4 heteroatoms. The van der Waals surface area contributed by atoms with E-state index in [1.165, 1.54) is 36.0 Å². The molecule has 0 unspecified atom stereocenters. The highest BCUT2D eigenvalue weighted by atomic mass is 16.2. The standard InChI is InChI=1S/C27H34N2O2/c1-28-26(31)27(16-18-29(19-17-27)25(30)24-10-6-3-7-11-24)20-21-12-14-23(15-13-21)22-8-4-2-5-9-22/h2,4-5,8-9,12-15,24H,3,6-7,10-11,16-20H2,1H3,(H,28,31). The molecule has 0 radical (unpaired) electrons. The van der Waals surface area contributed by atoms with Crippen LogP contribution in [0.4, 0.5) is 0 Å². The Morgan fingerprint density at radius 2 is 1.52 bits per heavy atom. The summed E-state index contributed by atoms with van der Waals surface area (Å²) in [6.07, 6.45) is 7.83. The monoisotopic (exact) mass is 418 g/mol. The van der Waals surface area contributed by atoms with Crippen molar-refractivity contribution in [2.75, 3.05) is 20.1 Å². The van der Waals surface area contributed by atoms with Crippen molar-refractivity contribution in [2.24, 2.45) is 11.3 Å². The van der Waals surface area contributed by atoms with Crippen LogP contribution in [0.5, 0.6) is 0 Å². The quantitative estimate of drug-likeness (QED) is 0.756. The van der Waals surface area contributed by atoms with E-state index in [4.69, 9.17) is 0 Å². The van der Waals surface area contributed by atoms with Gasteiger partial charge in [-0.15, -0.1) is 0 Å². The molecule has 2 aliphatic rings. The maximum absolute atomic E-state index is 13.0. The summed E-state index contributed by atoms with van der Waals surface area (Å²) in [7, 11) is 1.72. The first-order valence-corrected chi connectivity index (χ1v) is 11.8. The molecule has 164 valence electrons. The summed E-state index contributed by atoms with van der Waals surface area (Å²) in [4.78, 5) is 27.9. The molecule has 2 amide bonds. The van der Waals surface area contributed by atoms with Crippen LogP contribution >= 0.6 is 0 Å². The summed E-state index contributed by atoms with van der Waals surface area (Å²) in [5.74, 6) is 0.619. The fraction of sp³-hybridized carbons (Fsp3) is 0.481. The highest BCUT2D eigenvalue weighted by molar-refractivity contribution is 5.84. The summed E-state index contributed by atoms with van der Waals surface area (Å²) in [6.45, 7) is 1.37. The molecule has 1 saturated heterocycles. The third kappa shape index (κ3) is 4.84. The van der Waals surface area contributed by atoms with Crippen LogP contribution in [0.25, 0.3) is 11.1 Å². The number of piperidine rings is 1. The molecule has 4 rings (SSSR count). The Labute approximate surface area is 186 Å². The normalized spacial score (nSPS) is 19.1. The molecule has 2 aromatic carbocycles. The van der Waals surface area contributed by atoms with Gasteiger partial charge in [0.05, 0.1) is 5.41 Å². The van der Waals surface area contributed by atoms with E-state index in [-0.39, 0.29) is 11.8 Å². The number of carbonyl (C=O) groups is 2. The molecule has 1 aliphatic heterocycles. The number of hydrogen-bond acceptors (Lipinski definition) is 2. The SMILES string of the molecule is CNC(=O)C1(Cc2ccc(-c3ccccc3)cc2)CCN(C(=O)C2CCCCC2)CC1. The van der Waals surface area contributed by atoms with Crippen LogP contribution in [0.15, 0.2) is 54.6 Å². The molecular formula is C27H34N2O2. The van der Waals surface area contributed by atoms with Crippen molar-refractivity contribution in [1.29, 1.82) is 0 Å². The van der Waals surface area contributed by atoms with Gasteiger partial charge in [-0.2, -0.15) is 0 Å². The third-order valence-electron chi connectivity index (χ3n) is 7.30. The molecule has 0 spiro atoms. The van der Waals surface area contributed by atoms with Crippen molar-refractivity contribution in [3.8, 4) is 11.1 Å². The molecule has 1 saturated carbocycles. The predicted molar refractivity (Wildman–Crippen MR) is 124 cm³/mol. The van der Waals surface area contributed by atoms with Crippen LogP contribution in [-0.2, 0) is 16.0 Å². The zero-order valence-corrected chi connectivity index (χ0v) is 18.6. The van der Waals surface area contributed by atoms with Crippen LogP contribution in [0.2, 0.25) is 0 Å². The van der Waals surface area contributed by atoms with E-state index in [1.54, 1.807) is 7.05 Å². The summed E-state index contributed by atoms with van der Waals surface area (Å²) in [5, 5.41) is 2.90. The lowest BCUT2D eigenvalue weighted by Crippen LogP contribution is -2.51. The van der Waals surface area contributed by atoms with E-state index in [0.717, 1.165) is 25.7 Å². The second kappa shape index (κ2) is 9.67. The van der Waals surface area contributed by atoms with E-state index in [9.17, 15) is 9.59 Å². The Bertz CT molecular complexity index is 877. The first kappa shape index (κ1) is 21.6. The van der Waals surface area contributed by atoms with E-state index < -0.39 is 5.41 Å². The molecule has 1 aliphatic carbocycles. The molecule has 0 bridgehead atoms. The Morgan fingerprint density at radius 1 is 0.903 bits per heavy atom. The average Bonchev–Trinajstić information content (AvgIpc) is 2.85. The number of hydrogen-bond donors (Lipinski definition) is 1. The zero-order chi connectivity index (χ0) is 21.7. The predicted octanol–water partition coefficient (Wildman–Crippen LogP) is 4.83. The van der Waals surface area contributed by atoms with E-state index in [0.29, 0.717) is 25.4 Å².